The van der Waals surface area contributed by atoms with E-state index >= 15 is 0 Å². The molecule has 0 aliphatic carbocycles. The Morgan fingerprint density at radius 3 is 2.58 bits per heavy atom. The Balaban J connectivity index is 1.46. The molecule has 0 radical (unpaired) electrons. The number of nitrogens with zero attached hydrogens (tertiary/aromatic N) is 5. The lowest BCUT2D eigenvalue weighted by atomic mass is 10.0. The minimum atomic E-state index is -0.0128. The van der Waals surface area contributed by atoms with Crippen LogP contribution in [0.4, 0.5) is 17.2 Å². The number of aromatic nitrogens is 2. The van der Waals surface area contributed by atoms with Gasteiger partial charge < -0.3 is 15.1 Å². The fourth-order valence-corrected chi connectivity index (χ4v) is 4.35. The number of carbonyl (C=O) groups is 2. The predicted octanol–water partition coefficient (Wildman–Crippen LogP) is 3.34. The summed E-state index contributed by atoms with van der Waals surface area (Å²) in [6, 6.07) is 8.15. The zero-order chi connectivity index (χ0) is 23.4. The summed E-state index contributed by atoms with van der Waals surface area (Å²) in [6.07, 6.45) is 5.31. The summed E-state index contributed by atoms with van der Waals surface area (Å²) in [5, 5.41) is 3.55. The van der Waals surface area contributed by atoms with Crippen LogP contribution >= 0.6 is 11.6 Å². The van der Waals surface area contributed by atoms with Crippen molar-refractivity contribution >= 4 is 46.8 Å². The number of fused-ring (bicyclic) bond motifs is 1. The SMILES string of the molecule is CCC(=O)N(C)c1ccc(Cc2nc3c(c(NC4CCN(C(=O)CCl)CC4)n2)N=CC3)cc1. The van der Waals surface area contributed by atoms with Crippen molar-refractivity contribution in [1.82, 2.24) is 14.9 Å². The van der Waals surface area contributed by atoms with Crippen molar-refractivity contribution in [2.45, 2.75) is 45.1 Å². The van der Waals surface area contributed by atoms with E-state index in [0.717, 1.165) is 47.1 Å². The first kappa shape index (κ1) is 23.2. The Morgan fingerprint density at radius 1 is 1.18 bits per heavy atom. The predicted molar refractivity (Wildman–Crippen MR) is 131 cm³/mol. The van der Waals surface area contributed by atoms with Crippen LogP contribution in [0.3, 0.4) is 0 Å². The molecule has 1 fully saturated rings. The first-order valence-corrected chi connectivity index (χ1v) is 11.9. The lowest BCUT2D eigenvalue weighted by Crippen LogP contribution is -2.43. The van der Waals surface area contributed by atoms with Crippen molar-refractivity contribution < 1.29 is 9.59 Å². The van der Waals surface area contributed by atoms with Gasteiger partial charge in [-0.25, -0.2) is 9.97 Å². The van der Waals surface area contributed by atoms with Gasteiger partial charge in [0.05, 0.1) is 5.69 Å². The molecular weight excluding hydrogens is 440 g/mol. The third-order valence-corrected chi connectivity index (χ3v) is 6.40. The molecule has 174 valence electrons. The maximum Gasteiger partial charge on any atom is 0.237 e. The third-order valence-electron chi connectivity index (χ3n) is 6.17. The van der Waals surface area contributed by atoms with Crippen molar-refractivity contribution in [2.75, 3.05) is 36.2 Å². The molecule has 1 aromatic carbocycles. The number of rotatable bonds is 7. The van der Waals surface area contributed by atoms with Crippen LogP contribution in [0.2, 0.25) is 0 Å². The van der Waals surface area contributed by atoms with E-state index in [1.165, 1.54) is 0 Å². The smallest absolute Gasteiger partial charge is 0.237 e. The normalized spacial score (nSPS) is 15.4. The van der Waals surface area contributed by atoms with Gasteiger partial charge in [0.2, 0.25) is 11.8 Å². The van der Waals surface area contributed by atoms with E-state index < -0.39 is 0 Å². The van der Waals surface area contributed by atoms with Gasteiger partial charge in [0.1, 0.15) is 17.4 Å². The Kier molecular flexibility index (Phi) is 7.23. The van der Waals surface area contributed by atoms with Crippen LogP contribution in [0.1, 0.15) is 43.3 Å². The van der Waals surface area contributed by atoms with Crippen LogP contribution in [0, 0.1) is 0 Å². The van der Waals surface area contributed by atoms with E-state index in [4.69, 9.17) is 21.6 Å². The van der Waals surface area contributed by atoms with E-state index in [0.29, 0.717) is 32.4 Å². The monoisotopic (exact) mass is 468 g/mol. The van der Waals surface area contributed by atoms with Crippen molar-refractivity contribution in [3.8, 4) is 0 Å². The second-order valence-corrected chi connectivity index (χ2v) is 8.65. The zero-order valence-electron chi connectivity index (χ0n) is 19.1. The van der Waals surface area contributed by atoms with Crippen LogP contribution < -0.4 is 10.2 Å². The summed E-state index contributed by atoms with van der Waals surface area (Å²) in [5.74, 6) is 1.60. The van der Waals surface area contributed by atoms with Crippen LogP contribution in [0.25, 0.3) is 0 Å². The number of alkyl halides is 1. The Hall–Kier alpha value is -3.00. The lowest BCUT2D eigenvalue weighted by Gasteiger charge is -2.32. The minimum absolute atomic E-state index is 0.0128. The van der Waals surface area contributed by atoms with Crippen molar-refractivity contribution in [3.63, 3.8) is 0 Å². The summed E-state index contributed by atoms with van der Waals surface area (Å²) in [7, 11) is 1.79. The fourth-order valence-electron chi connectivity index (χ4n) is 4.19. The molecule has 8 nitrogen and oxygen atoms in total. The molecule has 0 atom stereocenters. The largest absolute Gasteiger partial charge is 0.365 e. The van der Waals surface area contributed by atoms with Crippen LogP contribution in [0.5, 0.6) is 0 Å². The second-order valence-electron chi connectivity index (χ2n) is 8.38. The summed E-state index contributed by atoms with van der Waals surface area (Å²) in [5.41, 5.74) is 3.69. The number of carbonyl (C=O) groups excluding carboxylic acids is 2. The van der Waals surface area contributed by atoms with Gasteiger partial charge in [0.15, 0.2) is 5.82 Å². The minimum Gasteiger partial charge on any atom is -0.365 e. The van der Waals surface area contributed by atoms with E-state index in [2.05, 4.69) is 10.3 Å². The molecule has 2 amide bonds. The number of hydrogen-bond donors (Lipinski definition) is 1. The average Bonchev–Trinajstić information content (AvgIpc) is 3.32. The van der Waals surface area contributed by atoms with Gasteiger partial charge in [-0.2, -0.15) is 0 Å². The summed E-state index contributed by atoms with van der Waals surface area (Å²) < 4.78 is 0. The molecule has 0 unspecified atom stereocenters. The Morgan fingerprint density at radius 2 is 1.91 bits per heavy atom. The average molecular weight is 469 g/mol. The van der Waals surface area contributed by atoms with Crippen molar-refractivity contribution in [2.24, 2.45) is 4.99 Å². The number of anilines is 2. The third kappa shape index (κ3) is 5.33. The highest BCUT2D eigenvalue weighted by molar-refractivity contribution is 6.27. The molecule has 2 aliphatic heterocycles. The fraction of sp³-hybridized carbons (Fsp3) is 0.458. The highest BCUT2D eigenvalue weighted by Gasteiger charge is 2.25. The van der Waals surface area contributed by atoms with Crippen LogP contribution in [-0.4, -0.2) is 65.0 Å². The molecule has 1 N–H and O–H groups in total. The molecule has 4 rings (SSSR count). The standard InChI is InChI=1S/C24H29ClN6O2/c1-3-21(32)30(2)18-6-4-16(5-7-18)14-20-28-19-8-11-26-23(19)24(29-20)27-17-9-12-31(13-10-17)22(33)15-25/h4-7,11,17H,3,8-10,12-15H2,1-2H3,(H,27,28,29). The number of aliphatic imine (C=N–C) groups is 1. The first-order valence-electron chi connectivity index (χ1n) is 11.4. The number of benzene rings is 1. The maximum absolute atomic E-state index is 11.9. The number of hydrogen-bond acceptors (Lipinski definition) is 6. The van der Waals surface area contributed by atoms with E-state index in [1.807, 2.05) is 42.3 Å². The molecule has 3 heterocycles. The van der Waals surface area contributed by atoms with Gasteiger partial charge in [-0.05, 0) is 30.5 Å². The van der Waals surface area contributed by atoms with Gasteiger partial charge in [-0.15, -0.1) is 11.6 Å². The number of amides is 2. The first-order chi connectivity index (χ1) is 16.0. The Labute approximate surface area is 199 Å². The molecule has 0 saturated carbocycles. The number of nitrogens with one attached hydrogen (secondary N) is 1. The lowest BCUT2D eigenvalue weighted by molar-refractivity contribution is -0.129. The summed E-state index contributed by atoms with van der Waals surface area (Å²) in [6.45, 7) is 3.23. The number of piperidine rings is 1. The highest BCUT2D eigenvalue weighted by Crippen LogP contribution is 2.32. The summed E-state index contributed by atoms with van der Waals surface area (Å²) >= 11 is 5.69. The quantitative estimate of drug-likeness (QED) is 0.629. The molecule has 2 aliphatic rings. The second kappa shape index (κ2) is 10.3. The van der Waals surface area contributed by atoms with Crippen LogP contribution in [-0.2, 0) is 22.4 Å². The maximum atomic E-state index is 11.9. The summed E-state index contributed by atoms with van der Waals surface area (Å²) in [4.78, 5) is 41.3. The molecule has 9 heteroatoms. The molecule has 1 saturated heterocycles. The van der Waals surface area contributed by atoms with Gasteiger partial charge in [0.25, 0.3) is 0 Å². The van der Waals surface area contributed by atoms with Crippen molar-refractivity contribution in [3.05, 3.63) is 41.3 Å². The van der Waals surface area contributed by atoms with Gasteiger partial charge in [0, 0.05) is 57.3 Å². The number of likely N-dealkylation sites (tertiary alicyclic amines) is 1. The van der Waals surface area contributed by atoms with Crippen molar-refractivity contribution in [1.29, 1.82) is 0 Å². The van der Waals surface area contributed by atoms with Crippen LogP contribution in [0.15, 0.2) is 29.3 Å². The molecule has 33 heavy (non-hydrogen) atoms. The van der Waals surface area contributed by atoms with Gasteiger partial charge in [-0.1, -0.05) is 19.1 Å². The number of halogens is 1. The molecule has 2 aromatic rings. The Bertz CT molecular complexity index is 1050. The topological polar surface area (TPSA) is 90.8 Å². The highest BCUT2D eigenvalue weighted by atomic mass is 35.5. The van der Waals surface area contributed by atoms with E-state index in [-0.39, 0.29) is 23.7 Å². The zero-order valence-corrected chi connectivity index (χ0v) is 19.8. The molecule has 0 spiro atoms. The van der Waals surface area contributed by atoms with Gasteiger partial charge >= 0.3 is 0 Å². The molecule has 1 aromatic heterocycles. The van der Waals surface area contributed by atoms with E-state index in [1.54, 1.807) is 11.9 Å². The molecular formula is C24H29ClN6O2. The molecule has 0 bridgehead atoms. The van der Waals surface area contributed by atoms with Gasteiger partial charge in [-0.3, -0.25) is 14.6 Å². The van der Waals surface area contributed by atoms with E-state index in [9.17, 15) is 9.59 Å².